The van der Waals surface area contributed by atoms with Crippen LogP contribution in [0.2, 0.25) is 0 Å². The Balaban J connectivity index is 2.80. The van der Waals surface area contributed by atoms with Crippen LogP contribution >= 0.6 is 0 Å². The first-order chi connectivity index (χ1) is 8.54. The van der Waals surface area contributed by atoms with Crippen molar-refractivity contribution in [3.63, 3.8) is 0 Å². The lowest BCUT2D eigenvalue weighted by atomic mass is 10.1. The Labute approximate surface area is 107 Å². The Morgan fingerprint density at radius 2 is 2.22 bits per heavy atom. The maximum Gasteiger partial charge on any atom is 0.223 e. The van der Waals surface area contributed by atoms with Gasteiger partial charge in [-0.05, 0) is 12.3 Å². The highest BCUT2D eigenvalue weighted by Gasteiger charge is 2.14. The van der Waals surface area contributed by atoms with Gasteiger partial charge in [0.15, 0.2) is 0 Å². The van der Waals surface area contributed by atoms with Gasteiger partial charge < -0.3 is 10.5 Å². The third-order valence-corrected chi connectivity index (χ3v) is 2.72. The number of hydrogen-bond acceptors (Lipinski definition) is 4. The third kappa shape index (κ3) is 4.44. The minimum Gasteiger partial charge on any atom is -0.384 e. The van der Waals surface area contributed by atoms with Gasteiger partial charge >= 0.3 is 0 Å². The number of nitrogens with two attached hydrogens (primary N) is 1. The molecule has 0 fully saturated rings. The van der Waals surface area contributed by atoms with E-state index in [-0.39, 0.29) is 12.3 Å². The summed E-state index contributed by atoms with van der Waals surface area (Å²) >= 11 is 0. The van der Waals surface area contributed by atoms with Crippen LogP contribution in [0.1, 0.15) is 31.7 Å². The molecule has 0 aliphatic rings. The van der Waals surface area contributed by atoms with Gasteiger partial charge in [-0.2, -0.15) is 0 Å². The predicted octanol–water partition coefficient (Wildman–Crippen LogP) is 0.541. The fraction of sp³-hybridized carbons (Fsp3) is 0.750. The maximum absolute atomic E-state index is 11.0. The number of carbonyl (C=O) groups is 1. The van der Waals surface area contributed by atoms with E-state index in [1.54, 1.807) is 7.11 Å². The molecule has 1 aromatic heterocycles. The molecule has 18 heavy (non-hydrogen) atoms. The second kappa shape index (κ2) is 7.10. The lowest BCUT2D eigenvalue weighted by Crippen LogP contribution is -2.16. The van der Waals surface area contributed by atoms with E-state index >= 15 is 0 Å². The number of carbonyl (C=O) groups excluding carboxylic acids is 1. The summed E-state index contributed by atoms with van der Waals surface area (Å²) in [7, 11) is 1.65. The van der Waals surface area contributed by atoms with E-state index in [0.29, 0.717) is 24.6 Å². The molecule has 6 nitrogen and oxygen atoms in total. The molecule has 1 rings (SSSR count). The Morgan fingerprint density at radius 1 is 1.50 bits per heavy atom. The van der Waals surface area contributed by atoms with Gasteiger partial charge in [0, 0.05) is 20.1 Å². The normalized spacial score (nSPS) is 11.1. The number of aryl methyl sites for hydroxylation is 1. The fourth-order valence-electron chi connectivity index (χ4n) is 1.70. The number of rotatable bonds is 8. The van der Waals surface area contributed by atoms with E-state index in [1.807, 2.05) is 4.68 Å². The van der Waals surface area contributed by atoms with Crippen molar-refractivity contribution >= 4 is 5.91 Å². The number of nitrogens with zero attached hydrogens (tertiary/aromatic N) is 3. The monoisotopic (exact) mass is 254 g/mol. The Morgan fingerprint density at radius 3 is 2.78 bits per heavy atom. The number of amides is 1. The van der Waals surface area contributed by atoms with Gasteiger partial charge in [-0.3, -0.25) is 4.79 Å². The molecule has 0 saturated carbocycles. The van der Waals surface area contributed by atoms with Crippen LogP contribution in [-0.2, 0) is 28.9 Å². The van der Waals surface area contributed by atoms with Crippen molar-refractivity contribution in [1.82, 2.24) is 15.0 Å². The molecular formula is C12H22N4O2. The zero-order chi connectivity index (χ0) is 13.5. The summed E-state index contributed by atoms with van der Waals surface area (Å²) in [6.45, 7) is 5.72. The molecule has 0 aliphatic heterocycles. The Kier molecular flexibility index (Phi) is 5.77. The molecule has 1 heterocycles. The summed E-state index contributed by atoms with van der Waals surface area (Å²) in [6.07, 6.45) is 1.87. The summed E-state index contributed by atoms with van der Waals surface area (Å²) in [6, 6.07) is 0. The van der Waals surface area contributed by atoms with Crippen LogP contribution in [0.15, 0.2) is 0 Å². The Bertz CT molecular complexity index is 387. The van der Waals surface area contributed by atoms with E-state index in [2.05, 4.69) is 24.2 Å². The van der Waals surface area contributed by atoms with Crippen molar-refractivity contribution in [2.45, 2.75) is 39.7 Å². The molecule has 0 aliphatic carbocycles. The molecule has 0 bridgehead atoms. The smallest absolute Gasteiger partial charge is 0.223 e. The van der Waals surface area contributed by atoms with Crippen molar-refractivity contribution in [1.29, 1.82) is 0 Å². The second-order valence-corrected chi connectivity index (χ2v) is 4.77. The van der Waals surface area contributed by atoms with Gasteiger partial charge in [-0.1, -0.05) is 19.1 Å². The zero-order valence-corrected chi connectivity index (χ0v) is 11.3. The summed E-state index contributed by atoms with van der Waals surface area (Å²) < 4.78 is 6.93. The van der Waals surface area contributed by atoms with Crippen LogP contribution < -0.4 is 5.73 Å². The fourth-order valence-corrected chi connectivity index (χ4v) is 1.70. The van der Waals surface area contributed by atoms with Crippen LogP contribution in [0.25, 0.3) is 0 Å². The molecule has 2 N–H and O–H groups in total. The quantitative estimate of drug-likeness (QED) is 0.734. The lowest BCUT2D eigenvalue weighted by Gasteiger charge is -2.09. The largest absolute Gasteiger partial charge is 0.384 e. The summed E-state index contributed by atoms with van der Waals surface area (Å²) in [4.78, 5) is 11.0. The summed E-state index contributed by atoms with van der Waals surface area (Å²) in [5.74, 6) is 0.216. The number of aromatic nitrogens is 3. The van der Waals surface area contributed by atoms with Crippen molar-refractivity contribution in [2.75, 3.05) is 13.7 Å². The van der Waals surface area contributed by atoms with E-state index in [4.69, 9.17) is 10.5 Å². The topological polar surface area (TPSA) is 83.0 Å². The van der Waals surface area contributed by atoms with Crippen LogP contribution in [-0.4, -0.2) is 34.6 Å². The van der Waals surface area contributed by atoms with Crippen LogP contribution in [0.4, 0.5) is 0 Å². The molecule has 6 heteroatoms. The first-order valence-electron chi connectivity index (χ1n) is 6.23. The van der Waals surface area contributed by atoms with Gasteiger partial charge in [0.1, 0.15) is 0 Å². The SMILES string of the molecule is COCCc1c(CC(N)=O)nnn1CCC(C)C. The highest BCUT2D eigenvalue weighted by Crippen LogP contribution is 2.10. The maximum atomic E-state index is 11.0. The number of methoxy groups -OCH3 is 1. The number of ether oxygens (including phenoxy) is 1. The highest BCUT2D eigenvalue weighted by atomic mass is 16.5. The summed E-state index contributed by atoms with van der Waals surface area (Å²) in [5, 5.41) is 8.14. The van der Waals surface area contributed by atoms with Crippen molar-refractivity contribution in [2.24, 2.45) is 11.7 Å². The highest BCUT2D eigenvalue weighted by molar-refractivity contribution is 5.76. The van der Waals surface area contributed by atoms with Gasteiger partial charge in [0.05, 0.1) is 24.4 Å². The van der Waals surface area contributed by atoms with Gasteiger partial charge in [-0.15, -0.1) is 5.10 Å². The molecule has 0 saturated heterocycles. The third-order valence-electron chi connectivity index (χ3n) is 2.72. The zero-order valence-electron chi connectivity index (χ0n) is 11.3. The van der Waals surface area contributed by atoms with Gasteiger partial charge in [0.2, 0.25) is 5.91 Å². The lowest BCUT2D eigenvalue weighted by molar-refractivity contribution is -0.117. The molecule has 0 aromatic carbocycles. The first kappa shape index (κ1) is 14.6. The van der Waals surface area contributed by atoms with Gasteiger partial charge in [0.25, 0.3) is 0 Å². The second-order valence-electron chi connectivity index (χ2n) is 4.77. The van der Waals surface area contributed by atoms with E-state index < -0.39 is 0 Å². The molecule has 0 atom stereocenters. The number of hydrogen-bond donors (Lipinski definition) is 1. The molecule has 102 valence electrons. The Hall–Kier alpha value is -1.43. The van der Waals surface area contributed by atoms with E-state index in [9.17, 15) is 4.79 Å². The van der Waals surface area contributed by atoms with E-state index in [0.717, 1.165) is 18.7 Å². The van der Waals surface area contributed by atoms with Crippen molar-refractivity contribution in [3.8, 4) is 0 Å². The van der Waals surface area contributed by atoms with Crippen LogP contribution in [0, 0.1) is 5.92 Å². The summed E-state index contributed by atoms with van der Waals surface area (Å²) in [5.41, 5.74) is 6.83. The minimum absolute atomic E-state index is 0.140. The molecule has 0 radical (unpaired) electrons. The van der Waals surface area contributed by atoms with Gasteiger partial charge in [-0.25, -0.2) is 4.68 Å². The average Bonchev–Trinajstić information content (AvgIpc) is 2.65. The average molecular weight is 254 g/mol. The molecule has 0 spiro atoms. The van der Waals surface area contributed by atoms with Crippen LogP contribution in [0.3, 0.4) is 0 Å². The van der Waals surface area contributed by atoms with Crippen molar-refractivity contribution in [3.05, 3.63) is 11.4 Å². The molecular weight excluding hydrogens is 232 g/mol. The standard InChI is InChI=1S/C12H22N4O2/c1-9(2)4-6-16-11(5-7-18-3)10(14-15-16)8-12(13)17/h9H,4-8H2,1-3H3,(H2,13,17). The minimum atomic E-state index is -0.385. The van der Waals surface area contributed by atoms with Crippen LogP contribution in [0.5, 0.6) is 0 Å². The molecule has 1 aromatic rings. The molecule has 0 unspecified atom stereocenters. The van der Waals surface area contributed by atoms with E-state index in [1.165, 1.54) is 0 Å². The van der Waals surface area contributed by atoms with Crippen molar-refractivity contribution < 1.29 is 9.53 Å². The number of primary amides is 1. The predicted molar refractivity (Wildman–Crippen MR) is 68.0 cm³/mol. The first-order valence-corrected chi connectivity index (χ1v) is 6.23. The molecule has 1 amide bonds.